The monoisotopic (exact) mass is 247 g/mol. The van der Waals surface area contributed by atoms with Crippen molar-refractivity contribution in [2.75, 3.05) is 5.73 Å². The van der Waals surface area contributed by atoms with E-state index >= 15 is 0 Å². The van der Waals surface area contributed by atoms with Crippen LogP contribution in [0.4, 0.5) is 14.5 Å². The smallest absolute Gasteiger partial charge is 0.159 e. The summed E-state index contributed by atoms with van der Waals surface area (Å²) in [5.74, 6) is -1.35. The van der Waals surface area contributed by atoms with E-state index in [1.54, 1.807) is 12.1 Å². The van der Waals surface area contributed by atoms with Gasteiger partial charge < -0.3 is 5.73 Å². The molecule has 0 atom stereocenters. The van der Waals surface area contributed by atoms with Gasteiger partial charge >= 0.3 is 0 Å². The molecule has 0 amide bonds. The molecule has 2 N–H and O–H groups in total. The van der Waals surface area contributed by atoms with Gasteiger partial charge in [0.25, 0.3) is 0 Å². The molecular formula is C15H15F2N. The highest BCUT2D eigenvalue weighted by Crippen LogP contribution is 2.28. The van der Waals surface area contributed by atoms with E-state index < -0.39 is 11.6 Å². The van der Waals surface area contributed by atoms with E-state index in [9.17, 15) is 8.78 Å². The Morgan fingerprint density at radius 3 is 2.06 bits per heavy atom. The average Bonchev–Trinajstić information content (AvgIpc) is 2.32. The maximum Gasteiger partial charge on any atom is 0.159 e. The van der Waals surface area contributed by atoms with E-state index in [0.717, 1.165) is 17.2 Å². The zero-order valence-corrected chi connectivity index (χ0v) is 10.4. The Kier molecular flexibility index (Phi) is 3.32. The van der Waals surface area contributed by atoms with Crippen LogP contribution in [0.1, 0.15) is 25.3 Å². The normalized spacial score (nSPS) is 10.9. The second kappa shape index (κ2) is 4.77. The van der Waals surface area contributed by atoms with E-state index in [1.807, 2.05) is 12.1 Å². The van der Waals surface area contributed by atoms with Gasteiger partial charge in [-0.25, -0.2) is 8.78 Å². The van der Waals surface area contributed by atoms with Crippen molar-refractivity contribution in [1.82, 2.24) is 0 Å². The van der Waals surface area contributed by atoms with Crippen molar-refractivity contribution in [1.29, 1.82) is 0 Å². The third kappa shape index (κ3) is 2.35. The summed E-state index contributed by atoms with van der Waals surface area (Å²) in [5.41, 5.74) is 9.10. The lowest BCUT2D eigenvalue weighted by Crippen LogP contribution is -1.96. The molecule has 2 rings (SSSR count). The predicted molar refractivity (Wildman–Crippen MR) is 70.3 cm³/mol. The molecular weight excluding hydrogens is 232 g/mol. The van der Waals surface area contributed by atoms with Crippen LogP contribution in [0.25, 0.3) is 11.1 Å². The molecule has 0 saturated carbocycles. The van der Waals surface area contributed by atoms with E-state index in [0.29, 0.717) is 17.2 Å². The molecule has 0 radical (unpaired) electrons. The summed E-state index contributed by atoms with van der Waals surface area (Å²) < 4.78 is 26.0. The van der Waals surface area contributed by atoms with Crippen molar-refractivity contribution in [2.24, 2.45) is 0 Å². The maximum atomic E-state index is 13.2. The molecule has 94 valence electrons. The van der Waals surface area contributed by atoms with E-state index in [-0.39, 0.29) is 0 Å². The number of hydrogen-bond donors (Lipinski definition) is 1. The molecule has 0 fully saturated rings. The summed E-state index contributed by atoms with van der Waals surface area (Å²) >= 11 is 0. The highest BCUT2D eigenvalue weighted by molar-refractivity contribution is 5.69. The van der Waals surface area contributed by atoms with Gasteiger partial charge in [0.15, 0.2) is 11.6 Å². The van der Waals surface area contributed by atoms with Crippen molar-refractivity contribution in [3.63, 3.8) is 0 Å². The average molecular weight is 247 g/mol. The lowest BCUT2D eigenvalue weighted by Gasteiger charge is -2.11. The second-order valence-corrected chi connectivity index (χ2v) is 4.63. The molecule has 3 heteroatoms. The molecule has 1 nitrogen and oxygen atoms in total. The van der Waals surface area contributed by atoms with Crippen molar-refractivity contribution in [3.05, 3.63) is 53.6 Å². The van der Waals surface area contributed by atoms with Crippen LogP contribution in [-0.2, 0) is 0 Å². The highest BCUT2D eigenvalue weighted by Gasteiger charge is 2.08. The predicted octanol–water partition coefficient (Wildman–Crippen LogP) is 4.34. The van der Waals surface area contributed by atoms with Gasteiger partial charge in [-0.05, 0) is 40.8 Å². The topological polar surface area (TPSA) is 26.0 Å². The van der Waals surface area contributed by atoms with Crippen molar-refractivity contribution in [3.8, 4) is 11.1 Å². The van der Waals surface area contributed by atoms with Gasteiger partial charge in [0.1, 0.15) is 0 Å². The van der Waals surface area contributed by atoms with Crippen LogP contribution >= 0.6 is 0 Å². The van der Waals surface area contributed by atoms with Crippen LogP contribution in [0.15, 0.2) is 36.4 Å². The fourth-order valence-corrected chi connectivity index (χ4v) is 1.96. The molecule has 0 aromatic heterocycles. The maximum absolute atomic E-state index is 13.2. The molecule has 0 aliphatic heterocycles. The Bertz CT molecular complexity index is 577. The van der Waals surface area contributed by atoms with Gasteiger partial charge in [0.2, 0.25) is 0 Å². The minimum absolute atomic E-state index is 0.337. The Labute approximate surface area is 105 Å². The molecule has 0 unspecified atom stereocenters. The Morgan fingerprint density at radius 1 is 0.889 bits per heavy atom. The molecule has 0 heterocycles. The first-order valence-corrected chi connectivity index (χ1v) is 5.84. The van der Waals surface area contributed by atoms with Crippen molar-refractivity contribution in [2.45, 2.75) is 19.8 Å². The molecule has 0 saturated heterocycles. The van der Waals surface area contributed by atoms with Crippen LogP contribution in [-0.4, -0.2) is 0 Å². The largest absolute Gasteiger partial charge is 0.398 e. The number of anilines is 1. The fourth-order valence-electron chi connectivity index (χ4n) is 1.96. The molecule has 0 aliphatic carbocycles. The molecule has 0 bridgehead atoms. The highest BCUT2D eigenvalue weighted by atomic mass is 19.2. The molecule has 2 aromatic carbocycles. The zero-order chi connectivity index (χ0) is 13.3. The third-order valence-electron chi connectivity index (χ3n) is 2.96. The Balaban J connectivity index is 2.45. The van der Waals surface area contributed by atoms with E-state index in [1.165, 1.54) is 6.07 Å². The quantitative estimate of drug-likeness (QED) is 0.785. The lowest BCUT2D eigenvalue weighted by molar-refractivity contribution is 0.509. The van der Waals surface area contributed by atoms with Crippen LogP contribution < -0.4 is 5.73 Å². The van der Waals surface area contributed by atoms with Gasteiger partial charge in [-0.1, -0.05) is 32.0 Å². The number of hydrogen-bond acceptors (Lipinski definition) is 1. The summed E-state index contributed by atoms with van der Waals surface area (Å²) in [6.07, 6.45) is 0. The van der Waals surface area contributed by atoms with Crippen LogP contribution in [0, 0.1) is 11.6 Å². The first kappa shape index (κ1) is 12.6. The van der Waals surface area contributed by atoms with Gasteiger partial charge in [-0.3, -0.25) is 0 Å². The number of nitrogens with two attached hydrogens (primary N) is 1. The molecule has 18 heavy (non-hydrogen) atoms. The first-order chi connectivity index (χ1) is 8.49. The minimum atomic E-state index is -0.848. The number of halogens is 2. The number of benzene rings is 2. The zero-order valence-electron chi connectivity index (χ0n) is 10.4. The van der Waals surface area contributed by atoms with Gasteiger partial charge in [-0.15, -0.1) is 0 Å². The lowest BCUT2D eigenvalue weighted by atomic mass is 9.97. The molecule has 0 aliphatic rings. The summed E-state index contributed by atoms with van der Waals surface area (Å²) in [7, 11) is 0. The SMILES string of the molecule is CC(C)c1ccc(-c2ccc(F)c(F)c2)cc1N. The van der Waals surface area contributed by atoms with E-state index in [4.69, 9.17) is 5.73 Å². The number of nitrogen functional groups attached to an aromatic ring is 1. The van der Waals surface area contributed by atoms with E-state index in [2.05, 4.69) is 13.8 Å². The number of rotatable bonds is 2. The van der Waals surface area contributed by atoms with Crippen LogP contribution in [0.3, 0.4) is 0 Å². The van der Waals surface area contributed by atoms with Crippen LogP contribution in [0.2, 0.25) is 0 Å². The standard InChI is InChI=1S/C15H15F2N/c1-9(2)12-5-3-11(8-15(12)18)10-4-6-13(16)14(17)7-10/h3-9H,18H2,1-2H3. The fraction of sp³-hybridized carbons (Fsp3) is 0.200. The minimum Gasteiger partial charge on any atom is -0.398 e. The van der Waals surface area contributed by atoms with Gasteiger partial charge in [0.05, 0.1) is 0 Å². The molecule has 0 spiro atoms. The summed E-state index contributed by atoms with van der Waals surface area (Å²) in [6, 6.07) is 9.44. The summed E-state index contributed by atoms with van der Waals surface area (Å²) in [6.45, 7) is 4.12. The second-order valence-electron chi connectivity index (χ2n) is 4.63. The Hall–Kier alpha value is -1.90. The van der Waals surface area contributed by atoms with Crippen LogP contribution in [0.5, 0.6) is 0 Å². The summed E-state index contributed by atoms with van der Waals surface area (Å²) in [4.78, 5) is 0. The van der Waals surface area contributed by atoms with Crippen molar-refractivity contribution >= 4 is 5.69 Å². The summed E-state index contributed by atoms with van der Waals surface area (Å²) in [5, 5.41) is 0. The Morgan fingerprint density at radius 2 is 1.50 bits per heavy atom. The van der Waals surface area contributed by atoms with Gasteiger partial charge in [0, 0.05) is 5.69 Å². The third-order valence-corrected chi connectivity index (χ3v) is 2.96. The van der Waals surface area contributed by atoms with Gasteiger partial charge in [-0.2, -0.15) is 0 Å². The molecule has 2 aromatic rings. The first-order valence-electron chi connectivity index (χ1n) is 5.84. The van der Waals surface area contributed by atoms with Crippen molar-refractivity contribution < 1.29 is 8.78 Å².